The largest absolute Gasteiger partial charge is 0.467 e. The van der Waals surface area contributed by atoms with E-state index in [1.807, 2.05) is 0 Å². The van der Waals surface area contributed by atoms with Gasteiger partial charge in [0, 0.05) is 26.3 Å². The summed E-state index contributed by atoms with van der Waals surface area (Å²) >= 11 is 0. The van der Waals surface area contributed by atoms with Crippen LogP contribution in [0.4, 0.5) is 4.39 Å². The lowest BCUT2D eigenvalue weighted by molar-refractivity contribution is -0.175. The van der Waals surface area contributed by atoms with Crippen molar-refractivity contribution in [2.75, 3.05) is 6.61 Å². The number of carbonyl (C=O) groups is 3. The molecule has 0 bridgehead atoms. The molecule has 1 saturated heterocycles. The number of benzene rings is 1. The van der Waals surface area contributed by atoms with Crippen molar-refractivity contribution in [3.05, 3.63) is 36.3 Å². The number of rotatable bonds is 6. The fourth-order valence-corrected chi connectivity index (χ4v) is 3.30. The maximum absolute atomic E-state index is 13.6. The van der Waals surface area contributed by atoms with Crippen molar-refractivity contribution in [1.29, 1.82) is 5.41 Å². The summed E-state index contributed by atoms with van der Waals surface area (Å²) in [6.45, 7) is 3.18. The summed E-state index contributed by atoms with van der Waals surface area (Å²) in [4.78, 5) is 34.8. The molecule has 170 valence electrons. The Bertz CT molecular complexity index is 1040. The molecule has 0 spiro atoms. The summed E-state index contributed by atoms with van der Waals surface area (Å²) in [6, 6.07) is 4.60. The molecule has 2 aromatic rings. The third-order valence-electron chi connectivity index (χ3n) is 4.53. The molecule has 0 radical (unpaired) electrons. The minimum Gasteiger partial charge on any atom is -0.467 e. The molecule has 12 heteroatoms. The van der Waals surface area contributed by atoms with Gasteiger partial charge in [-0.05, 0) is 12.1 Å². The van der Waals surface area contributed by atoms with Gasteiger partial charge in [0.2, 0.25) is 12.0 Å². The fourth-order valence-electron chi connectivity index (χ4n) is 3.30. The molecule has 1 N–H and O–H groups in total. The SMILES string of the molecule is CC(=O)OCC1OC(=N)C(OC(C)=O)C(n2cc(-c3cccc(F)c3)nn2)[C@H]1OC(C)=O. The van der Waals surface area contributed by atoms with Crippen molar-refractivity contribution in [3.8, 4) is 11.3 Å². The standard InChI is InChI=1S/C20H21FN4O7/c1-10(26)29-9-16-18(30-11(2)27)17(19(20(22)32-16)31-12(3)28)25-8-15(23-24-25)13-5-4-6-14(21)7-13/h4-8,16-19,22H,9H2,1-3H3/t16?,17?,18-,19?/m0/s1. The molecule has 11 nitrogen and oxygen atoms in total. The van der Waals surface area contributed by atoms with Crippen molar-refractivity contribution < 1.29 is 37.7 Å². The van der Waals surface area contributed by atoms with Crippen LogP contribution in [0.2, 0.25) is 0 Å². The normalized spacial score (nSPS) is 22.6. The monoisotopic (exact) mass is 448 g/mol. The number of esters is 3. The Balaban J connectivity index is 2.03. The van der Waals surface area contributed by atoms with E-state index in [0.717, 1.165) is 6.92 Å². The Morgan fingerprint density at radius 1 is 1.16 bits per heavy atom. The number of halogens is 1. The summed E-state index contributed by atoms with van der Waals surface area (Å²) in [5, 5.41) is 16.3. The van der Waals surface area contributed by atoms with Crippen LogP contribution in [0.5, 0.6) is 0 Å². The lowest BCUT2D eigenvalue weighted by atomic mass is 9.96. The zero-order valence-corrected chi connectivity index (χ0v) is 17.5. The van der Waals surface area contributed by atoms with Crippen LogP contribution < -0.4 is 0 Å². The minimum absolute atomic E-state index is 0.294. The number of nitrogens with zero attached hydrogens (tertiary/aromatic N) is 3. The van der Waals surface area contributed by atoms with Gasteiger partial charge in [0.25, 0.3) is 0 Å². The molecule has 0 saturated carbocycles. The molecule has 1 aliphatic rings. The third-order valence-corrected chi connectivity index (χ3v) is 4.53. The second kappa shape index (κ2) is 9.54. The van der Waals surface area contributed by atoms with Crippen LogP contribution in [0.1, 0.15) is 26.8 Å². The maximum atomic E-state index is 13.6. The van der Waals surface area contributed by atoms with Crippen LogP contribution in [0.3, 0.4) is 0 Å². The number of ether oxygens (including phenoxy) is 4. The van der Waals surface area contributed by atoms with Crippen LogP contribution >= 0.6 is 0 Å². The van der Waals surface area contributed by atoms with Gasteiger partial charge in [0.15, 0.2) is 12.2 Å². The van der Waals surface area contributed by atoms with Gasteiger partial charge in [-0.3, -0.25) is 19.8 Å². The smallest absolute Gasteiger partial charge is 0.303 e. The van der Waals surface area contributed by atoms with Crippen LogP contribution in [-0.4, -0.2) is 63.7 Å². The Kier molecular flexibility index (Phi) is 6.81. The van der Waals surface area contributed by atoms with Gasteiger partial charge >= 0.3 is 17.9 Å². The van der Waals surface area contributed by atoms with Crippen molar-refractivity contribution >= 4 is 23.8 Å². The Morgan fingerprint density at radius 3 is 2.50 bits per heavy atom. The van der Waals surface area contributed by atoms with Gasteiger partial charge in [0.05, 0.1) is 6.20 Å². The third kappa shape index (κ3) is 5.25. The lowest BCUT2D eigenvalue weighted by Crippen LogP contribution is -2.56. The molecule has 1 fully saturated rings. The van der Waals surface area contributed by atoms with E-state index in [4.69, 9.17) is 24.4 Å². The van der Waals surface area contributed by atoms with E-state index in [-0.39, 0.29) is 6.61 Å². The average molecular weight is 448 g/mol. The van der Waals surface area contributed by atoms with Crippen LogP contribution in [0.15, 0.2) is 30.5 Å². The van der Waals surface area contributed by atoms with Gasteiger partial charge < -0.3 is 18.9 Å². The molecule has 2 heterocycles. The average Bonchev–Trinajstić information content (AvgIpc) is 3.18. The van der Waals surface area contributed by atoms with E-state index in [2.05, 4.69) is 10.3 Å². The Morgan fingerprint density at radius 2 is 1.88 bits per heavy atom. The lowest BCUT2D eigenvalue weighted by Gasteiger charge is -2.40. The Labute approximate surface area is 181 Å². The van der Waals surface area contributed by atoms with Gasteiger partial charge in [-0.25, -0.2) is 9.07 Å². The van der Waals surface area contributed by atoms with Gasteiger partial charge in [-0.1, -0.05) is 17.3 Å². The van der Waals surface area contributed by atoms with Crippen molar-refractivity contribution in [3.63, 3.8) is 0 Å². The zero-order valence-electron chi connectivity index (χ0n) is 17.5. The first kappa shape index (κ1) is 22.8. The summed E-state index contributed by atoms with van der Waals surface area (Å²) in [5.74, 6) is -2.92. The second-order valence-electron chi connectivity index (χ2n) is 7.01. The number of hydrogen-bond acceptors (Lipinski definition) is 10. The molecule has 0 aliphatic carbocycles. The molecule has 1 aliphatic heterocycles. The highest BCUT2D eigenvalue weighted by molar-refractivity contribution is 5.83. The molecular weight excluding hydrogens is 427 g/mol. The Hall–Kier alpha value is -3.83. The summed E-state index contributed by atoms with van der Waals surface area (Å²) in [5.41, 5.74) is 0.727. The predicted octanol–water partition coefficient (Wildman–Crippen LogP) is 1.43. The highest BCUT2D eigenvalue weighted by atomic mass is 19.1. The first-order valence-corrected chi connectivity index (χ1v) is 9.56. The zero-order chi connectivity index (χ0) is 23.4. The maximum Gasteiger partial charge on any atom is 0.303 e. The van der Waals surface area contributed by atoms with Crippen LogP contribution in [0, 0.1) is 11.2 Å². The molecule has 3 unspecified atom stereocenters. The molecule has 3 rings (SSSR count). The van der Waals surface area contributed by atoms with E-state index >= 15 is 0 Å². The fraction of sp³-hybridized carbons (Fsp3) is 0.400. The number of carbonyl (C=O) groups excluding carboxylic acids is 3. The quantitative estimate of drug-likeness (QED) is 0.513. The molecule has 0 amide bonds. The van der Waals surface area contributed by atoms with Crippen molar-refractivity contribution in [2.45, 2.75) is 45.1 Å². The molecule has 1 aromatic heterocycles. The topological polar surface area (TPSA) is 143 Å². The van der Waals surface area contributed by atoms with Crippen LogP contribution in [0.25, 0.3) is 11.3 Å². The summed E-state index contributed by atoms with van der Waals surface area (Å²) < 4.78 is 36.0. The minimum atomic E-state index is -1.31. The predicted molar refractivity (Wildman–Crippen MR) is 105 cm³/mol. The van der Waals surface area contributed by atoms with E-state index in [9.17, 15) is 18.8 Å². The number of nitrogens with one attached hydrogen (secondary N) is 1. The van der Waals surface area contributed by atoms with E-state index < -0.39 is 54.0 Å². The number of hydrogen-bond donors (Lipinski definition) is 1. The van der Waals surface area contributed by atoms with Gasteiger partial charge in [-0.15, -0.1) is 5.10 Å². The highest BCUT2D eigenvalue weighted by Crippen LogP contribution is 2.33. The highest BCUT2D eigenvalue weighted by Gasteiger charge is 2.50. The van der Waals surface area contributed by atoms with E-state index in [1.165, 1.54) is 42.9 Å². The molecule has 4 atom stereocenters. The van der Waals surface area contributed by atoms with E-state index in [1.54, 1.807) is 6.07 Å². The molecule has 1 aromatic carbocycles. The van der Waals surface area contributed by atoms with Crippen molar-refractivity contribution in [2.24, 2.45) is 0 Å². The van der Waals surface area contributed by atoms with E-state index in [0.29, 0.717) is 11.3 Å². The summed E-state index contributed by atoms with van der Waals surface area (Å²) in [7, 11) is 0. The van der Waals surface area contributed by atoms with Crippen molar-refractivity contribution in [1.82, 2.24) is 15.0 Å². The van der Waals surface area contributed by atoms with Crippen LogP contribution in [-0.2, 0) is 33.3 Å². The first-order chi connectivity index (χ1) is 15.2. The second-order valence-corrected chi connectivity index (χ2v) is 7.01. The first-order valence-electron chi connectivity index (χ1n) is 9.56. The van der Waals surface area contributed by atoms with Gasteiger partial charge in [0.1, 0.15) is 24.2 Å². The summed E-state index contributed by atoms with van der Waals surface area (Å²) in [6.07, 6.45) is -2.11. The molecular formula is C20H21FN4O7. The number of aromatic nitrogens is 3. The van der Waals surface area contributed by atoms with Gasteiger partial charge in [-0.2, -0.15) is 0 Å². The molecule has 32 heavy (non-hydrogen) atoms.